The lowest BCUT2D eigenvalue weighted by Crippen LogP contribution is -2.15. The highest BCUT2D eigenvalue weighted by Gasteiger charge is 2.15. The Morgan fingerprint density at radius 2 is 2.05 bits per heavy atom. The van der Waals surface area contributed by atoms with Crippen LogP contribution in [-0.4, -0.2) is 16.2 Å². The summed E-state index contributed by atoms with van der Waals surface area (Å²) in [6.45, 7) is 9.95. The van der Waals surface area contributed by atoms with Crippen molar-refractivity contribution < 1.29 is 4.74 Å². The van der Waals surface area contributed by atoms with Gasteiger partial charge in [0.15, 0.2) is 0 Å². The van der Waals surface area contributed by atoms with E-state index < -0.39 is 0 Å². The summed E-state index contributed by atoms with van der Waals surface area (Å²) in [5.41, 5.74) is 8.12. The second kappa shape index (κ2) is 5.61. The monoisotopic (exact) mass is 261 g/mol. The summed E-state index contributed by atoms with van der Waals surface area (Å²) in [5.74, 6) is 2.36. The van der Waals surface area contributed by atoms with Gasteiger partial charge in [-0.3, -0.25) is 0 Å². The van der Waals surface area contributed by atoms with Gasteiger partial charge in [-0.05, 0) is 31.9 Å². The van der Waals surface area contributed by atoms with Gasteiger partial charge in [0.2, 0.25) is 0 Å². The standard InChI is InChI=1S/C15H23N3O/c1-5-19-12-6-7-14-13(8-12)17-15(11(4)16)18(14)9-10(2)3/h6-8,10-11H,5,9,16H2,1-4H3. The van der Waals surface area contributed by atoms with Crippen LogP contribution in [0.4, 0.5) is 0 Å². The molecule has 0 aliphatic rings. The van der Waals surface area contributed by atoms with E-state index in [1.54, 1.807) is 0 Å². The fraction of sp³-hybridized carbons (Fsp3) is 0.533. The Bertz CT molecular complexity index is 558. The first-order valence-electron chi connectivity index (χ1n) is 6.91. The van der Waals surface area contributed by atoms with E-state index in [1.165, 1.54) is 0 Å². The van der Waals surface area contributed by atoms with Gasteiger partial charge in [-0.15, -0.1) is 0 Å². The van der Waals surface area contributed by atoms with Crippen molar-refractivity contribution in [3.8, 4) is 5.75 Å². The minimum absolute atomic E-state index is 0.0679. The number of benzene rings is 1. The van der Waals surface area contributed by atoms with Gasteiger partial charge >= 0.3 is 0 Å². The summed E-state index contributed by atoms with van der Waals surface area (Å²) in [7, 11) is 0. The Balaban J connectivity index is 2.53. The van der Waals surface area contributed by atoms with Gasteiger partial charge in [0.05, 0.1) is 23.7 Å². The Kier molecular flexibility index (Phi) is 4.10. The molecule has 0 saturated heterocycles. The molecule has 0 aliphatic carbocycles. The van der Waals surface area contributed by atoms with Gasteiger partial charge in [0.25, 0.3) is 0 Å². The third kappa shape index (κ3) is 2.89. The van der Waals surface area contributed by atoms with E-state index in [1.807, 2.05) is 26.0 Å². The van der Waals surface area contributed by atoms with Gasteiger partial charge in [-0.2, -0.15) is 0 Å². The highest BCUT2D eigenvalue weighted by Crippen LogP contribution is 2.25. The zero-order valence-corrected chi connectivity index (χ0v) is 12.2. The molecule has 0 aliphatic heterocycles. The third-order valence-corrected chi connectivity index (χ3v) is 3.02. The summed E-state index contributed by atoms with van der Waals surface area (Å²) in [6.07, 6.45) is 0. The van der Waals surface area contributed by atoms with E-state index in [9.17, 15) is 0 Å². The lowest BCUT2D eigenvalue weighted by Gasteiger charge is -2.13. The maximum Gasteiger partial charge on any atom is 0.126 e. The van der Waals surface area contributed by atoms with Crippen LogP contribution in [0.25, 0.3) is 11.0 Å². The number of rotatable bonds is 5. The van der Waals surface area contributed by atoms with E-state index >= 15 is 0 Å². The van der Waals surface area contributed by atoms with Crippen molar-refractivity contribution >= 4 is 11.0 Å². The molecule has 1 atom stereocenters. The van der Waals surface area contributed by atoms with E-state index in [0.29, 0.717) is 12.5 Å². The normalized spacial score (nSPS) is 13.2. The highest BCUT2D eigenvalue weighted by atomic mass is 16.5. The molecule has 4 heteroatoms. The van der Waals surface area contributed by atoms with Gasteiger partial charge in [-0.1, -0.05) is 13.8 Å². The fourth-order valence-electron chi connectivity index (χ4n) is 2.29. The van der Waals surface area contributed by atoms with Crippen molar-refractivity contribution in [3.63, 3.8) is 0 Å². The van der Waals surface area contributed by atoms with Crippen LogP contribution in [0.2, 0.25) is 0 Å². The van der Waals surface area contributed by atoms with Crippen LogP contribution in [0.15, 0.2) is 18.2 Å². The lowest BCUT2D eigenvalue weighted by molar-refractivity contribution is 0.340. The largest absolute Gasteiger partial charge is 0.494 e. The molecule has 4 nitrogen and oxygen atoms in total. The van der Waals surface area contributed by atoms with E-state index in [4.69, 9.17) is 10.5 Å². The number of aromatic nitrogens is 2. The Morgan fingerprint density at radius 1 is 1.32 bits per heavy atom. The van der Waals surface area contributed by atoms with Crippen molar-refractivity contribution in [1.29, 1.82) is 0 Å². The summed E-state index contributed by atoms with van der Waals surface area (Å²) in [4.78, 5) is 4.67. The molecule has 0 amide bonds. The number of nitrogens with two attached hydrogens (primary N) is 1. The first kappa shape index (κ1) is 13.9. The van der Waals surface area contributed by atoms with Crippen molar-refractivity contribution in [2.45, 2.75) is 40.3 Å². The molecule has 0 fully saturated rings. The molecule has 0 radical (unpaired) electrons. The van der Waals surface area contributed by atoms with Crippen LogP contribution < -0.4 is 10.5 Å². The quantitative estimate of drug-likeness (QED) is 0.899. The van der Waals surface area contributed by atoms with Gasteiger partial charge in [0, 0.05) is 12.6 Å². The number of hydrogen-bond donors (Lipinski definition) is 1. The lowest BCUT2D eigenvalue weighted by atomic mass is 10.2. The van der Waals surface area contributed by atoms with Gasteiger partial charge in [0.1, 0.15) is 11.6 Å². The SMILES string of the molecule is CCOc1ccc2c(c1)nc(C(C)N)n2CC(C)C. The summed E-state index contributed by atoms with van der Waals surface area (Å²) in [5, 5.41) is 0. The molecule has 2 N–H and O–H groups in total. The molecular formula is C15H23N3O. The number of hydrogen-bond acceptors (Lipinski definition) is 3. The average Bonchev–Trinajstić information content (AvgIpc) is 2.67. The minimum atomic E-state index is -0.0679. The second-order valence-corrected chi connectivity index (χ2v) is 5.35. The molecule has 2 aromatic rings. The molecular weight excluding hydrogens is 238 g/mol. The van der Waals surface area contributed by atoms with Crippen LogP contribution in [0.1, 0.15) is 39.6 Å². The number of fused-ring (bicyclic) bond motifs is 1. The number of nitrogens with zero attached hydrogens (tertiary/aromatic N) is 2. The molecule has 2 rings (SSSR count). The zero-order valence-electron chi connectivity index (χ0n) is 12.2. The summed E-state index contributed by atoms with van der Waals surface area (Å²) >= 11 is 0. The zero-order chi connectivity index (χ0) is 14.0. The smallest absolute Gasteiger partial charge is 0.126 e. The Labute approximate surface area is 114 Å². The van der Waals surface area contributed by atoms with Crippen LogP contribution in [0.3, 0.4) is 0 Å². The van der Waals surface area contributed by atoms with E-state index in [2.05, 4.69) is 29.5 Å². The van der Waals surface area contributed by atoms with Gasteiger partial charge < -0.3 is 15.0 Å². The molecule has 104 valence electrons. The molecule has 1 heterocycles. The van der Waals surface area contributed by atoms with Crippen molar-refractivity contribution in [3.05, 3.63) is 24.0 Å². The maximum absolute atomic E-state index is 6.04. The van der Waals surface area contributed by atoms with E-state index in [-0.39, 0.29) is 6.04 Å². The van der Waals surface area contributed by atoms with Crippen LogP contribution in [0, 0.1) is 5.92 Å². The van der Waals surface area contributed by atoms with Crippen molar-refractivity contribution in [1.82, 2.24) is 9.55 Å². The molecule has 0 bridgehead atoms. The molecule has 1 aromatic carbocycles. The maximum atomic E-state index is 6.04. The Morgan fingerprint density at radius 3 is 2.63 bits per heavy atom. The molecule has 0 saturated carbocycles. The number of ether oxygens (including phenoxy) is 1. The van der Waals surface area contributed by atoms with Crippen LogP contribution in [0.5, 0.6) is 5.75 Å². The van der Waals surface area contributed by atoms with E-state index in [0.717, 1.165) is 29.2 Å². The van der Waals surface area contributed by atoms with Gasteiger partial charge in [-0.25, -0.2) is 4.98 Å². The van der Waals surface area contributed by atoms with Crippen LogP contribution in [-0.2, 0) is 6.54 Å². The highest BCUT2D eigenvalue weighted by molar-refractivity contribution is 5.78. The van der Waals surface area contributed by atoms with Crippen LogP contribution >= 0.6 is 0 Å². The number of imidazole rings is 1. The Hall–Kier alpha value is -1.55. The summed E-state index contributed by atoms with van der Waals surface area (Å²) in [6, 6.07) is 5.99. The first-order chi connectivity index (χ1) is 9.02. The third-order valence-electron chi connectivity index (χ3n) is 3.02. The molecule has 1 unspecified atom stereocenters. The minimum Gasteiger partial charge on any atom is -0.494 e. The average molecular weight is 261 g/mol. The fourth-order valence-corrected chi connectivity index (χ4v) is 2.29. The van der Waals surface area contributed by atoms with Crippen molar-refractivity contribution in [2.24, 2.45) is 11.7 Å². The van der Waals surface area contributed by atoms with Crippen molar-refractivity contribution in [2.75, 3.05) is 6.61 Å². The predicted molar refractivity (Wildman–Crippen MR) is 78.3 cm³/mol. The molecule has 19 heavy (non-hydrogen) atoms. The topological polar surface area (TPSA) is 53.1 Å². The first-order valence-corrected chi connectivity index (χ1v) is 6.91. The predicted octanol–water partition coefficient (Wildman–Crippen LogP) is 3.11. The molecule has 0 spiro atoms. The second-order valence-electron chi connectivity index (χ2n) is 5.35. The summed E-state index contributed by atoms with van der Waals surface area (Å²) < 4.78 is 7.75. The molecule has 1 aromatic heterocycles.